The largest absolute Gasteiger partial charge is 0.494 e. The second-order valence-corrected chi connectivity index (χ2v) is 2.92. The molecule has 66 valence electrons. The van der Waals surface area contributed by atoms with E-state index in [1.54, 1.807) is 24.3 Å². The zero-order valence-electron chi connectivity index (χ0n) is 9.62. The Morgan fingerprint density at radius 2 is 2.15 bits per heavy atom. The first-order valence-corrected chi connectivity index (χ1v) is 4.07. The highest BCUT2D eigenvalue weighted by Gasteiger charge is 2.04. The molecule has 0 amide bonds. The number of nitrogens with zero attached hydrogens (tertiary/aromatic N) is 1. The molecule has 0 saturated carbocycles. The maximum absolute atomic E-state index is 7.05. The molecule has 0 unspecified atom stereocenters. The Morgan fingerprint density at radius 3 is 2.92 bits per heavy atom. The van der Waals surface area contributed by atoms with E-state index in [0.29, 0.717) is 15.9 Å². The van der Waals surface area contributed by atoms with Crippen LogP contribution in [0.5, 0.6) is 5.75 Å². The first-order valence-electron chi connectivity index (χ1n) is 5.20. The van der Waals surface area contributed by atoms with E-state index in [4.69, 9.17) is 20.5 Å². The quantitative estimate of drug-likeness (QED) is 0.655. The van der Waals surface area contributed by atoms with Crippen molar-refractivity contribution in [2.24, 2.45) is 0 Å². The van der Waals surface area contributed by atoms with Gasteiger partial charge in [-0.15, -0.1) is 0 Å². The monoisotopic (exact) mass is 196 g/mol. The highest BCUT2D eigenvalue weighted by molar-refractivity contribution is 6.34. The lowest BCUT2D eigenvalue weighted by atomic mass is 10.2. The van der Waals surface area contributed by atoms with E-state index in [1.807, 2.05) is 0 Å². The van der Waals surface area contributed by atoms with Crippen LogP contribution in [0.3, 0.4) is 0 Å². The molecule has 2 nitrogen and oxygen atoms in total. The highest BCUT2D eigenvalue weighted by Crippen LogP contribution is 2.28. The smallest absolute Gasteiger partial charge is 0.145 e. The maximum Gasteiger partial charge on any atom is 0.145 e. The van der Waals surface area contributed by atoms with Gasteiger partial charge in [-0.2, -0.15) is 0 Å². The number of halogens is 1. The number of ether oxygens (including phenoxy) is 1. The van der Waals surface area contributed by atoms with Crippen LogP contribution in [0.25, 0.3) is 10.8 Å². The molecule has 1 heterocycles. The average molecular weight is 197 g/mol. The molecule has 3 heteroatoms. The third-order valence-corrected chi connectivity index (χ3v) is 2.12. The lowest BCUT2D eigenvalue weighted by Gasteiger charge is -2.04. The molecule has 1 aromatic carbocycles. The van der Waals surface area contributed by atoms with Crippen LogP contribution in [0.1, 0.15) is 4.11 Å². The molecular formula is C10H8ClNO. The molecule has 2 rings (SSSR count). The number of rotatable bonds is 1. The van der Waals surface area contributed by atoms with Crippen molar-refractivity contribution in [3.8, 4) is 5.75 Å². The summed E-state index contributed by atoms with van der Waals surface area (Å²) in [6.45, 7) is 0. The normalized spacial score (nSPS) is 14.7. The molecule has 0 fully saturated rings. The molecule has 0 aliphatic rings. The SMILES string of the molecule is [2H]C([2H])([2H])Oc1cnc(Cl)c2ccccc12. The van der Waals surface area contributed by atoms with E-state index >= 15 is 0 Å². The summed E-state index contributed by atoms with van der Waals surface area (Å²) >= 11 is 5.89. The van der Waals surface area contributed by atoms with Crippen LogP contribution in [-0.4, -0.2) is 12.0 Å². The molecule has 13 heavy (non-hydrogen) atoms. The van der Waals surface area contributed by atoms with Gasteiger partial charge < -0.3 is 4.74 Å². The minimum absolute atomic E-state index is 0.208. The fraction of sp³-hybridized carbons (Fsp3) is 0.100. The van der Waals surface area contributed by atoms with Crippen LogP contribution in [-0.2, 0) is 0 Å². The van der Waals surface area contributed by atoms with E-state index < -0.39 is 7.04 Å². The summed E-state index contributed by atoms with van der Waals surface area (Å²) in [6.07, 6.45) is 1.32. The molecule has 1 aromatic heterocycles. The third kappa shape index (κ3) is 1.33. The molecule has 0 saturated heterocycles. The molecule has 0 N–H and O–H groups in total. The second-order valence-electron chi connectivity index (χ2n) is 2.56. The van der Waals surface area contributed by atoms with Crippen molar-refractivity contribution in [1.82, 2.24) is 4.98 Å². The predicted molar refractivity (Wildman–Crippen MR) is 53.3 cm³/mol. The zero-order chi connectivity index (χ0) is 11.8. The summed E-state index contributed by atoms with van der Waals surface area (Å²) < 4.78 is 26.0. The van der Waals surface area contributed by atoms with Crippen LogP contribution in [0.2, 0.25) is 5.15 Å². The lowest BCUT2D eigenvalue weighted by Crippen LogP contribution is -1.87. The first-order chi connectivity index (χ1) is 7.47. The molecule has 0 bridgehead atoms. The fourth-order valence-electron chi connectivity index (χ4n) is 1.21. The van der Waals surface area contributed by atoms with Gasteiger partial charge in [-0.25, -0.2) is 4.98 Å². The topological polar surface area (TPSA) is 22.1 Å². The van der Waals surface area contributed by atoms with Crippen LogP contribution < -0.4 is 4.74 Å². The Kier molecular flexibility index (Phi) is 1.35. The van der Waals surface area contributed by atoms with Crippen molar-refractivity contribution in [3.63, 3.8) is 0 Å². The molecule has 0 aliphatic carbocycles. The van der Waals surface area contributed by atoms with Crippen molar-refractivity contribution in [1.29, 1.82) is 0 Å². The Labute approximate surface area is 85.3 Å². The predicted octanol–water partition coefficient (Wildman–Crippen LogP) is 2.90. The average Bonchev–Trinajstić information content (AvgIpc) is 2.21. The number of hydrogen-bond acceptors (Lipinski definition) is 2. The van der Waals surface area contributed by atoms with Gasteiger partial charge in [-0.1, -0.05) is 35.9 Å². The van der Waals surface area contributed by atoms with Crippen LogP contribution in [0.15, 0.2) is 30.5 Å². The Bertz CT molecular complexity index is 527. The van der Waals surface area contributed by atoms with E-state index in [9.17, 15) is 0 Å². The molecule has 2 aromatic rings. The second kappa shape index (κ2) is 3.23. The number of hydrogen-bond donors (Lipinski definition) is 0. The first kappa shape index (κ1) is 5.45. The summed E-state index contributed by atoms with van der Waals surface area (Å²) in [5.41, 5.74) is 0. The van der Waals surface area contributed by atoms with Crippen LogP contribution in [0.4, 0.5) is 0 Å². The number of methoxy groups -OCH3 is 1. The van der Waals surface area contributed by atoms with Crippen molar-refractivity contribution < 1.29 is 8.85 Å². The van der Waals surface area contributed by atoms with Gasteiger partial charge in [0, 0.05) is 10.8 Å². The van der Waals surface area contributed by atoms with Gasteiger partial charge >= 0.3 is 0 Å². The zero-order valence-corrected chi connectivity index (χ0v) is 7.38. The third-order valence-electron chi connectivity index (χ3n) is 1.82. The summed E-state index contributed by atoms with van der Waals surface area (Å²) in [4.78, 5) is 3.88. The Morgan fingerprint density at radius 1 is 1.38 bits per heavy atom. The fourth-order valence-corrected chi connectivity index (χ4v) is 1.43. The maximum atomic E-state index is 7.05. The Hall–Kier alpha value is -1.28. The van der Waals surface area contributed by atoms with E-state index in [2.05, 4.69) is 4.98 Å². The minimum atomic E-state index is -2.49. The standard InChI is InChI=1S/C10H8ClNO/c1-13-9-6-12-10(11)8-5-3-2-4-7(8)9/h2-6H,1H3/i1D3. The van der Waals surface area contributed by atoms with Gasteiger partial charge in [0.2, 0.25) is 0 Å². The molecule has 0 atom stereocenters. The van der Waals surface area contributed by atoms with Gasteiger partial charge in [0.05, 0.1) is 17.3 Å². The van der Waals surface area contributed by atoms with Crippen molar-refractivity contribution >= 4 is 22.4 Å². The van der Waals surface area contributed by atoms with E-state index in [1.165, 1.54) is 6.20 Å². The van der Waals surface area contributed by atoms with E-state index in [-0.39, 0.29) is 5.75 Å². The number of benzene rings is 1. The molecule has 0 radical (unpaired) electrons. The van der Waals surface area contributed by atoms with Crippen LogP contribution >= 0.6 is 11.6 Å². The number of aromatic nitrogens is 1. The summed E-state index contributed by atoms with van der Waals surface area (Å²) in [7, 11) is -2.49. The van der Waals surface area contributed by atoms with Crippen molar-refractivity contribution in [3.05, 3.63) is 35.6 Å². The van der Waals surface area contributed by atoms with Gasteiger partial charge in [0.25, 0.3) is 0 Å². The number of pyridine rings is 1. The number of fused-ring (bicyclic) bond motifs is 1. The van der Waals surface area contributed by atoms with Gasteiger partial charge in [-0.05, 0) is 0 Å². The van der Waals surface area contributed by atoms with Gasteiger partial charge in [0.1, 0.15) is 10.9 Å². The van der Waals surface area contributed by atoms with Gasteiger partial charge in [-0.3, -0.25) is 0 Å². The van der Waals surface area contributed by atoms with Gasteiger partial charge in [0.15, 0.2) is 0 Å². The summed E-state index contributed by atoms with van der Waals surface area (Å²) in [5, 5.41) is 1.64. The summed E-state index contributed by atoms with van der Waals surface area (Å²) in [6, 6.07) is 7.08. The summed E-state index contributed by atoms with van der Waals surface area (Å²) in [5.74, 6) is 0.208. The molecule has 0 aliphatic heterocycles. The van der Waals surface area contributed by atoms with Crippen molar-refractivity contribution in [2.75, 3.05) is 7.04 Å². The molecular weight excluding hydrogens is 186 g/mol. The van der Waals surface area contributed by atoms with Crippen LogP contribution in [0, 0.1) is 0 Å². The lowest BCUT2D eigenvalue weighted by molar-refractivity contribution is 0.418. The molecule has 0 spiro atoms. The Balaban J connectivity index is 2.59. The highest BCUT2D eigenvalue weighted by atomic mass is 35.5. The van der Waals surface area contributed by atoms with Crippen molar-refractivity contribution in [2.45, 2.75) is 0 Å². The van der Waals surface area contributed by atoms with E-state index in [0.717, 1.165) is 0 Å². The minimum Gasteiger partial charge on any atom is -0.494 e.